The number of fused-ring (bicyclic) bond motifs is 1. The summed E-state index contributed by atoms with van der Waals surface area (Å²) in [6, 6.07) is 20.6. The largest absolute Gasteiger partial charge is 0.481 e. The molecule has 3 aromatic rings. The monoisotopic (exact) mass is 410 g/mol. The molecule has 0 saturated heterocycles. The van der Waals surface area contributed by atoms with Crippen LogP contribution in [0.3, 0.4) is 0 Å². The van der Waals surface area contributed by atoms with Crippen LogP contribution in [0.25, 0.3) is 10.8 Å². The molecule has 0 saturated carbocycles. The number of benzene rings is 3. The zero-order valence-electron chi connectivity index (χ0n) is 15.8. The molecule has 5 nitrogen and oxygen atoms in total. The maximum Gasteiger partial charge on any atom is 0.341 e. The fourth-order valence-corrected chi connectivity index (χ4v) is 4.13. The van der Waals surface area contributed by atoms with Gasteiger partial charge in [0, 0.05) is 10.8 Å². The quantitative estimate of drug-likeness (QED) is 0.576. The molecule has 0 aromatic heterocycles. The van der Waals surface area contributed by atoms with Crippen LogP contribution in [0, 0.1) is 0 Å². The number of allylic oxidation sites excluding steroid dienone is 1. The van der Waals surface area contributed by atoms with Crippen molar-refractivity contribution < 1.29 is 23.1 Å². The van der Waals surface area contributed by atoms with E-state index in [0.717, 1.165) is 21.9 Å². The first kappa shape index (κ1) is 20.6. The van der Waals surface area contributed by atoms with Crippen LogP contribution in [0.4, 0.5) is 0 Å². The van der Waals surface area contributed by atoms with Crippen LogP contribution in [0.1, 0.15) is 11.1 Å². The molecule has 150 valence electrons. The highest BCUT2D eigenvalue weighted by Gasteiger charge is 2.09. The molecule has 0 spiro atoms. The SMILES string of the molecule is O=C(O)COc1cccc2c(CC=CS(=O)(=O)CCc3ccccc3)cccc12. The third-order valence-electron chi connectivity index (χ3n) is 4.48. The predicted octanol–water partition coefficient (Wildman–Crippen LogP) is 4.02. The lowest BCUT2D eigenvalue weighted by Crippen LogP contribution is -2.09. The van der Waals surface area contributed by atoms with Crippen LogP contribution in [-0.2, 0) is 27.5 Å². The molecule has 0 fully saturated rings. The maximum absolute atomic E-state index is 12.3. The Morgan fingerprint density at radius 3 is 2.41 bits per heavy atom. The first-order chi connectivity index (χ1) is 13.9. The van der Waals surface area contributed by atoms with Crippen LogP contribution in [0.5, 0.6) is 5.75 Å². The third-order valence-corrected chi connectivity index (χ3v) is 5.86. The van der Waals surface area contributed by atoms with Crippen molar-refractivity contribution >= 4 is 26.6 Å². The highest BCUT2D eigenvalue weighted by molar-refractivity contribution is 7.94. The zero-order chi connectivity index (χ0) is 20.7. The number of aryl methyl sites for hydroxylation is 1. The van der Waals surface area contributed by atoms with Gasteiger partial charge in [0.05, 0.1) is 5.75 Å². The summed E-state index contributed by atoms with van der Waals surface area (Å²) in [6.07, 6.45) is 2.58. The van der Waals surface area contributed by atoms with Gasteiger partial charge in [0.15, 0.2) is 16.4 Å². The van der Waals surface area contributed by atoms with E-state index < -0.39 is 22.4 Å². The number of carboxylic acids is 1. The molecule has 6 heteroatoms. The lowest BCUT2D eigenvalue weighted by Gasteiger charge is -2.10. The van der Waals surface area contributed by atoms with E-state index in [1.54, 1.807) is 18.2 Å². The van der Waals surface area contributed by atoms with Crippen LogP contribution < -0.4 is 4.74 Å². The predicted molar refractivity (Wildman–Crippen MR) is 114 cm³/mol. The molecule has 0 heterocycles. The van der Waals surface area contributed by atoms with Crippen LogP contribution >= 0.6 is 0 Å². The van der Waals surface area contributed by atoms with Gasteiger partial charge in [-0.2, -0.15) is 0 Å². The summed E-state index contributed by atoms with van der Waals surface area (Å²) in [5, 5.41) is 11.8. The summed E-state index contributed by atoms with van der Waals surface area (Å²) in [4.78, 5) is 10.8. The van der Waals surface area contributed by atoms with E-state index in [1.807, 2.05) is 54.6 Å². The Hall–Kier alpha value is -3.12. The molecule has 0 aliphatic heterocycles. The zero-order valence-corrected chi connectivity index (χ0v) is 16.6. The van der Waals surface area contributed by atoms with Gasteiger partial charge in [0.1, 0.15) is 5.75 Å². The molecule has 0 unspecified atom stereocenters. The Labute approximate surface area is 170 Å². The van der Waals surface area contributed by atoms with Gasteiger partial charge in [-0.3, -0.25) is 0 Å². The van der Waals surface area contributed by atoms with Crippen LogP contribution in [0.2, 0.25) is 0 Å². The van der Waals surface area contributed by atoms with E-state index in [9.17, 15) is 13.2 Å². The fourth-order valence-electron chi connectivity index (χ4n) is 3.08. The number of carbonyl (C=O) groups is 1. The Bertz CT molecular complexity index is 1120. The second-order valence-corrected chi connectivity index (χ2v) is 8.64. The van der Waals surface area contributed by atoms with Crippen LogP contribution in [-0.4, -0.2) is 31.9 Å². The second-order valence-electron chi connectivity index (χ2n) is 6.63. The number of hydrogen-bond donors (Lipinski definition) is 1. The van der Waals surface area contributed by atoms with Gasteiger partial charge in [-0.1, -0.05) is 66.7 Å². The minimum absolute atomic E-state index is 0.0657. The number of ether oxygens (including phenoxy) is 1. The van der Waals surface area contributed by atoms with Crippen molar-refractivity contribution in [1.82, 2.24) is 0 Å². The molecular formula is C23H22O5S. The molecule has 0 aliphatic carbocycles. The molecule has 0 radical (unpaired) electrons. The summed E-state index contributed by atoms with van der Waals surface area (Å²) in [5.74, 6) is -0.482. The molecule has 0 aliphatic rings. The van der Waals surface area contributed by atoms with Gasteiger partial charge < -0.3 is 9.84 Å². The van der Waals surface area contributed by atoms with E-state index in [1.165, 1.54) is 5.41 Å². The lowest BCUT2D eigenvalue weighted by molar-refractivity contribution is -0.139. The Morgan fingerprint density at radius 2 is 1.66 bits per heavy atom. The topological polar surface area (TPSA) is 80.7 Å². The molecule has 3 rings (SSSR count). The van der Waals surface area contributed by atoms with Crippen molar-refractivity contribution in [2.45, 2.75) is 12.8 Å². The highest BCUT2D eigenvalue weighted by Crippen LogP contribution is 2.28. The minimum atomic E-state index is -3.30. The first-order valence-corrected chi connectivity index (χ1v) is 10.9. The molecule has 0 atom stereocenters. The van der Waals surface area contributed by atoms with Gasteiger partial charge >= 0.3 is 5.97 Å². The Balaban J connectivity index is 1.71. The first-order valence-electron chi connectivity index (χ1n) is 9.23. The van der Waals surface area contributed by atoms with E-state index in [4.69, 9.17) is 9.84 Å². The number of rotatable bonds is 9. The smallest absolute Gasteiger partial charge is 0.341 e. The lowest BCUT2D eigenvalue weighted by atomic mass is 10.0. The molecule has 0 amide bonds. The van der Waals surface area contributed by atoms with E-state index >= 15 is 0 Å². The van der Waals surface area contributed by atoms with Crippen molar-refractivity contribution in [2.24, 2.45) is 0 Å². The normalized spacial score (nSPS) is 11.7. The van der Waals surface area contributed by atoms with Crippen LogP contribution in [0.15, 0.2) is 78.2 Å². The number of aliphatic carboxylic acids is 1. The van der Waals surface area contributed by atoms with E-state index in [-0.39, 0.29) is 5.75 Å². The third kappa shape index (κ3) is 5.93. The molecule has 1 N–H and O–H groups in total. The van der Waals surface area contributed by atoms with Crippen molar-refractivity contribution in [3.8, 4) is 5.75 Å². The second kappa shape index (κ2) is 9.39. The standard InChI is InChI=1S/C23H22O5S/c24-23(25)17-28-22-13-5-11-20-19(9-4-12-21(20)22)10-6-15-29(26,27)16-14-18-7-2-1-3-8-18/h1-9,11-13,15H,10,14,16-17H2,(H,24,25). The van der Waals surface area contributed by atoms with Gasteiger partial charge in [0.2, 0.25) is 0 Å². The Morgan fingerprint density at radius 1 is 0.931 bits per heavy atom. The fraction of sp³-hybridized carbons (Fsp3) is 0.174. The Kier molecular flexibility index (Phi) is 6.67. The molecule has 3 aromatic carbocycles. The number of carboxylic acid groups (broad SMARTS) is 1. The van der Waals surface area contributed by atoms with Gasteiger partial charge in [0.25, 0.3) is 0 Å². The van der Waals surface area contributed by atoms with Gasteiger partial charge in [-0.05, 0) is 35.4 Å². The molecule has 0 bridgehead atoms. The van der Waals surface area contributed by atoms with E-state index in [0.29, 0.717) is 18.6 Å². The highest BCUT2D eigenvalue weighted by atomic mass is 32.2. The van der Waals surface area contributed by atoms with E-state index in [2.05, 4.69) is 0 Å². The van der Waals surface area contributed by atoms with Crippen molar-refractivity contribution in [3.05, 3.63) is 89.3 Å². The minimum Gasteiger partial charge on any atom is -0.481 e. The number of sulfone groups is 1. The summed E-state index contributed by atoms with van der Waals surface area (Å²) >= 11 is 0. The molecule has 29 heavy (non-hydrogen) atoms. The average Bonchev–Trinajstić information content (AvgIpc) is 2.71. The maximum atomic E-state index is 12.3. The summed E-state index contributed by atoms with van der Waals surface area (Å²) in [5.41, 5.74) is 1.94. The van der Waals surface area contributed by atoms with Gasteiger partial charge in [-0.15, -0.1) is 0 Å². The summed E-state index contributed by atoms with van der Waals surface area (Å²) < 4.78 is 30.0. The summed E-state index contributed by atoms with van der Waals surface area (Å²) in [7, 11) is -3.30. The average molecular weight is 410 g/mol. The summed E-state index contributed by atoms with van der Waals surface area (Å²) in [6.45, 7) is -0.414. The van der Waals surface area contributed by atoms with Crippen molar-refractivity contribution in [3.63, 3.8) is 0 Å². The molecular weight excluding hydrogens is 388 g/mol. The number of hydrogen-bond acceptors (Lipinski definition) is 4. The van der Waals surface area contributed by atoms with Gasteiger partial charge in [-0.25, -0.2) is 13.2 Å². The van der Waals surface area contributed by atoms with Crippen molar-refractivity contribution in [2.75, 3.05) is 12.4 Å². The van der Waals surface area contributed by atoms with Crippen molar-refractivity contribution in [1.29, 1.82) is 0 Å².